The molecule has 0 radical (unpaired) electrons. The van der Waals surface area contributed by atoms with E-state index in [0.717, 1.165) is 25.8 Å². The number of carbonyl (C=O) groups is 2. The van der Waals surface area contributed by atoms with Gasteiger partial charge in [0.2, 0.25) is 11.8 Å². The highest BCUT2D eigenvalue weighted by Gasteiger charge is 2.33. The van der Waals surface area contributed by atoms with Gasteiger partial charge in [0, 0.05) is 19.5 Å². The molecule has 0 aromatic carbocycles. The Kier molecular flexibility index (Phi) is 8.51. The fourth-order valence-corrected chi connectivity index (χ4v) is 3.20. The summed E-state index contributed by atoms with van der Waals surface area (Å²) in [5.74, 6) is 0.519. The van der Waals surface area contributed by atoms with Gasteiger partial charge in [0.15, 0.2) is 0 Å². The van der Waals surface area contributed by atoms with Crippen molar-refractivity contribution in [3.63, 3.8) is 0 Å². The van der Waals surface area contributed by atoms with Gasteiger partial charge in [-0.2, -0.15) is 0 Å². The Morgan fingerprint density at radius 2 is 1.86 bits per heavy atom. The highest BCUT2D eigenvalue weighted by molar-refractivity contribution is 5.87. The van der Waals surface area contributed by atoms with Crippen LogP contribution in [0.15, 0.2) is 0 Å². The molecular weight excluding hydrogens is 276 g/mol. The number of likely N-dealkylation sites (tertiary alicyclic amines) is 1. The Morgan fingerprint density at radius 1 is 1.18 bits per heavy atom. The molecule has 0 aliphatic carbocycles. The van der Waals surface area contributed by atoms with E-state index in [9.17, 15) is 9.59 Å². The largest absolute Gasteiger partial charge is 0.352 e. The summed E-state index contributed by atoms with van der Waals surface area (Å²) in [5.41, 5.74) is 0. The van der Waals surface area contributed by atoms with E-state index in [1.807, 2.05) is 0 Å². The first-order chi connectivity index (χ1) is 10.5. The van der Waals surface area contributed by atoms with Crippen LogP contribution in [-0.2, 0) is 9.59 Å². The lowest BCUT2D eigenvalue weighted by molar-refractivity contribution is -0.137. The summed E-state index contributed by atoms with van der Waals surface area (Å²) >= 11 is 0. The second kappa shape index (κ2) is 9.86. The molecule has 1 aliphatic heterocycles. The minimum absolute atomic E-state index is 0.00859. The van der Waals surface area contributed by atoms with Crippen LogP contribution in [0, 0.1) is 5.92 Å². The average molecular weight is 310 g/mol. The lowest BCUT2D eigenvalue weighted by Gasteiger charge is -2.27. The molecule has 1 heterocycles. The van der Waals surface area contributed by atoms with E-state index in [1.54, 1.807) is 11.8 Å². The fourth-order valence-electron chi connectivity index (χ4n) is 3.20. The molecule has 2 unspecified atom stereocenters. The first-order valence-corrected chi connectivity index (χ1v) is 9.05. The summed E-state index contributed by atoms with van der Waals surface area (Å²) in [7, 11) is 0. The Hall–Kier alpha value is -1.06. The van der Waals surface area contributed by atoms with E-state index >= 15 is 0 Å². The van der Waals surface area contributed by atoms with E-state index in [1.165, 1.54) is 32.1 Å². The maximum atomic E-state index is 12.4. The first kappa shape index (κ1) is 19.0. The maximum Gasteiger partial charge on any atom is 0.243 e. The van der Waals surface area contributed by atoms with Crippen LogP contribution < -0.4 is 5.32 Å². The third kappa shape index (κ3) is 5.98. The molecule has 22 heavy (non-hydrogen) atoms. The monoisotopic (exact) mass is 310 g/mol. The van der Waals surface area contributed by atoms with Crippen molar-refractivity contribution in [2.24, 2.45) is 5.92 Å². The van der Waals surface area contributed by atoms with E-state index in [2.05, 4.69) is 26.1 Å². The number of amides is 2. The van der Waals surface area contributed by atoms with Crippen molar-refractivity contribution >= 4 is 11.8 Å². The zero-order chi connectivity index (χ0) is 16.5. The standard InChI is InChI=1S/C18H34N2O2/c1-5-6-7-8-9-11-14(2)15(3)19-18(22)17-12-10-13-20(17)16(4)21/h14-15,17H,5-13H2,1-4H3,(H,19,22)/t14?,15?,17-/m0/s1. The van der Waals surface area contributed by atoms with Crippen molar-refractivity contribution in [1.29, 1.82) is 0 Å². The van der Waals surface area contributed by atoms with Gasteiger partial charge in [-0.1, -0.05) is 46.0 Å². The third-order valence-electron chi connectivity index (χ3n) is 4.95. The lowest BCUT2D eigenvalue weighted by Crippen LogP contribution is -2.49. The molecule has 0 bridgehead atoms. The summed E-state index contributed by atoms with van der Waals surface area (Å²) < 4.78 is 0. The van der Waals surface area contributed by atoms with Crippen molar-refractivity contribution in [2.45, 2.75) is 91.1 Å². The molecule has 0 aromatic heterocycles. The van der Waals surface area contributed by atoms with Crippen LogP contribution in [0.5, 0.6) is 0 Å². The van der Waals surface area contributed by atoms with Crippen LogP contribution in [-0.4, -0.2) is 35.3 Å². The molecule has 1 fully saturated rings. The van der Waals surface area contributed by atoms with E-state index in [4.69, 9.17) is 0 Å². The predicted octanol–water partition coefficient (Wildman–Crippen LogP) is 3.50. The molecule has 1 rings (SSSR count). The third-order valence-corrected chi connectivity index (χ3v) is 4.95. The van der Waals surface area contributed by atoms with Gasteiger partial charge in [0.05, 0.1) is 0 Å². The molecule has 128 valence electrons. The van der Waals surface area contributed by atoms with Crippen LogP contribution in [0.2, 0.25) is 0 Å². The minimum atomic E-state index is -0.253. The van der Waals surface area contributed by atoms with Gasteiger partial charge < -0.3 is 10.2 Å². The minimum Gasteiger partial charge on any atom is -0.352 e. The first-order valence-electron chi connectivity index (χ1n) is 9.05. The normalized spacial score (nSPS) is 20.7. The van der Waals surface area contributed by atoms with Gasteiger partial charge >= 0.3 is 0 Å². The van der Waals surface area contributed by atoms with Gasteiger partial charge in [0.1, 0.15) is 6.04 Å². The molecule has 1 saturated heterocycles. The quantitative estimate of drug-likeness (QED) is 0.663. The Labute approximate surface area is 136 Å². The molecular formula is C18H34N2O2. The van der Waals surface area contributed by atoms with Gasteiger partial charge in [-0.15, -0.1) is 0 Å². The Bertz CT molecular complexity index is 357. The van der Waals surface area contributed by atoms with Crippen LogP contribution in [0.25, 0.3) is 0 Å². The second-order valence-electron chi connectivity index (χ2n) is 6.85. The molecule has 0 saturated carbocycles. The number of hydrogen-bond donors (Lipinski definition) is 1. The van der Waals surface area contributed by atoms with E-state index in [0.29, 0.717) is 5.92 Å². The second-order valence-corrected chi connectivity index (χ2v) is 6.85. The molecule has 1 aliphatic rings. The molecule has 3 atom stereocenters. The maximum absolute atomic E-state index is 12.4. The zero-order valence-corrected chi connectivity index (χ0v) is 14.9. The average Bonchev–Trinajstić information content (AvgIpc) is 2.96. The summed E-state index contributed by atoms with van der Waals surface area (Å²) in [6.07, 6.45) is 9.33. The molecule has 2 amide bonds. The zero-order valence-electron chi connectivity index (χ0n) is 14.9. The Balaban J connectivity index is 2.32. The van der Waals surface area contributed by atoms with E-state index in [-0.39, 0.29) is 23.9 Å². The number of rotatable bonds is 9. The van der Waals surface area contributed by atoms with Crippen LogP contribution in [0.3, 0.4) is 0 Å². The van der Waals surface area contributed by atoms with Crippen molar-refractivity contribution in [1.82, 2.24) is 10.2 Å². The van der Waals surface area contributed by atoms with Gasteiger partial charge in [-0.3, -0.25) is 9.59 Å². The lowest BCUT2D eigenvalue weighted by atomic mass is 9.95. The number of nitrogens with zero attached hydrogens (tertiary/aromatic N) is 1. The predicted molar refractivity (Wildman–Crippen MR) is 90.6 cm³/mol. The topological polar surface area (TPSA) is 49.4 Å². The fraction of sp³-hybridized carbons (Fsp3) is 0.889. The summed E-state index contributed by atoms with van der Waals surface area (Å²) in [5, 5.41) is 3.13. The van der Waals surface area contributed by atoms with Crippen LogP contribution >= 0.6 is 0 Å². The Morgan fingerprint density at radius 3 is 2.50 bits per heavy atom. The van der Waals surface area contributed by atoms with Gasteiger partial charge in [-0.05, 0) is 32.1 Å². The summed E-state index contributed by atoms with van der Waals surface area (Å²) in [6, 6.07) is -0.0789. The summed E-state index contributed by atoms with van der Waals surface area (Å²) in [6.45, 7) is 8.79. The molecule has 4 heteroatoms. The van der Waals surface area contributed by atoms with Crippen LogP contribution in [0.4, 0.5) is 0 Å². The molecule has 0 aromatic rings. The molecule has 4 nitrogen and oxygen atoms in total. The highest BCUT2D eigenvalue weighted by atomic mass is 16.2. The molecule has 1 N–H and O–H groups in total. The van der Waals surface area contributed by atoms with Gasteiger partial charge in [-0.25, -0.2) is 0 Å². The van der Waals surface area contributed by atoms with Gasteiger partial charge in [0.25, 0.3) is 0 Å². The van der Waals surface area contributed by atoms with E-state index < -0.39 is 0 Å². The van der Waals surface area contributed by atoms with Crippen LogP contribution in [0.1, 0.15) is 79.1 Å². The van der Waals surface area contributed by atoms with Crippen molar-refractivity contribution < 1.29 is 9.59 Å². The number of unbranched alkanes of at least 4 members (excludes halogenated alkanes) is 4. The SMILES string of the molecule is CCCCCCCC(C)C(C)NC(=O)[C@@H]1CCCN1C(C)=O. The molecule has 0 spiro atoms. The number of nitrogens with one attached hydrogen (secondary N) is 1. The number of carbonyl (C=O) groups excluding carboxylic acids is 2. The van der Waals surface area contributed by atoms with Crippen molar-refractivity contribution in [3.05, 3.63) is 0 Å². The summed E-state index contributed by atoms with van der Waals surface area (Å²) in [4.78, 5) is 25.6. The van der Waals surface area contributed by atoms with Crippen molar-refractivity contribution in [2.75, 3.05) is 6.54 Å². The highest BCUT2D eigenvalue weighted by Crippen LogP contribution is 2.19. The number of hydrogen-bond acceptors (Lipinski definition) is 2. The van der Waals surface area contributed by atoms with Crippen molar-refractivity contribution in [3.8, 4) is 0 Å². The smallest absolute Gasteiger partial charge is 0.243 e.